The third-order valence-corrected chi connectivity index (χ3v) is 4.63. The Morgan fingerprint density at radius 3 is 2.60 bits per heavy atom. The molecule has 0 aliphatic rings. The van der Waals surface area contributed by atoms with Gasteiger partial charge in [-0.25, -0.2) is 0 Å². The van der Waals surface area contributed by atoms with Crippen LogP contribution in [-0.2, 0) is 24.7 Å². The summed E-state index contributed by atoms with van der Waals surface area (Å²) in [6.07, 6.45) is 1.54. The van der Waals surface area contributed by atoms with Crippen molar-refractivity contribution in [3.63, 3.8) is 0 Å². The van der Waals surface area contributed by atoms with Crippen molar-refractivity contribution in [1.82, 2.24) is 24.5 Å². The van der Waals surface area contributed by atoms with Crippen LogP contribution in [0, 0.1) is 6.92 Å². The zero-order valence-electron chi connectivity index (χ0n) is 14.1. The minimum Gasteiger partial charge on any atom is -0.481 e. The van der Waals surface area contributed by atoms with Crippen LogP contribution < -0.4 is 0 Å². The Morgan fingerprint density at radius 2 is 1.96 bits per heavy atom. The first-order valence-electron chi connectivity index (χ1n) is 7.88. The van der Waals surface area contributed by atoms with Gasteiger partial charge in [0, 0.05) is 19.5 Å². The highest BCUT2D eigenvalue weighted by Gasteiger charge is 2.18. The molecule has 1 aromatic carbocycles. The molecule has 0 saturated carbocycles. The fourth-order valence-electron chi connectivity index (χ4n) is 2.62. The number of hydrogen-bond acceptors (Lipinski definition) is 5. The second kappa shape index (κ2) is 7.52. The highest BCUT2D eigenvalue weighted by molar-refractivity contribution is 7.99. The van der Waals surface area contributed by atoms with Gasteiger partial charge in [0.05, 0.1) is 11.4 Å². The summed E-state index contributed by atoms with van der Waals surface area (Å²) in [6.45, 7) is 1.92. The minimum atomic E-state index is -0.883. The molecule has 0 aliphatic heterocycles. The first kappa shape index (κ1) is 17.2. The average molecular weight is 357 g/mol. The third-order valence-electron chi connectivity index (χ3n) is 3.71. The number of hydrogen-bond donors (Lipinski definition) is 1. The first-order chi connectivity index (χ1) is 12.0. The number of thioether (sulfide) groups is 1. The van der Waals surface area contributed by atoms with Crippen LogP contribution in [0.15, 0.2) is 41.6 Å². The Labute approximate surface area is 149 Å². The van der Waals surface area contributed by atoms with Gasteiger partial charge in [-0.1, -0.05) is 42.1 Å². The zero-order valence-corrected chi connectivity index (χ0v) is 14.9. The van der Waals surface area contributed by atoms with Crippen LogP contribution in [-0.4, -0.2) is 41.4 Å². The molecule has 0 atom stereocenters. The Bertz CT molecular complexity index is 873. The fraction of sp³-hybridized carbons (Fsp3) is 0.294. The molecule has 1 N–H and O–H groups in total. The van der Waals surface area contributed by atoms with E-state index in [0.717, 1.165) is 35.5 Å². The highest BCUT2D eigenvalue weighted by Crippen LogP contribution is 2.23. The van der Waals surface area contributed by atoms with Crippen LogP contribution in [0.3, 0.4) is 0 Å². The maximum atomic E-state index is 10.9. The molecular formula is C17H19N5O2S. The molecule has 3 rings (SSSR count). The Balaban J connectivity index is 1.91. The van der Waals surface area contributed by atoms with Gasteiger partial charge in [-0.05, 0) is 18.9 Å². The fourth-order valence-corrected chi connectivity index (χ4v) is 3.30. The Hall–Kier alpha value is -2.61. The van der Waals surface area contributed by atoms with Crippen molar-refractivity contribution in [2.75, 3.05) is 5.75 Å². The van der Waals surface area contributed by atoms with E-state index in [1.54, 1.807) is 4.68 Å². The second-order valence-electron chi connectivity index (χ2n) is 5.67. The topological polar surface area (TPSA) is 85.8 Å². The lowest BCUT2D eigenvalue weighted by atomic mass is 10.1. The predicted octanol–water partition coefficient (Wildman–Crippen LogP) is 2.27. The van der Waals surface area contributed by atoms with E-state index in [0.29, 0.717) is 11.6 Å². The summed E-state index contributed by atoms with van der Waals surface area (Å²) in [7, 11) is 1.86. The van der Waals surface area contributed by atoms with Crippen LogP contribution in [0.2, 0.25) is 0 Å². The summed E-state index contributed by atoms with van der Waals surface area (Å²) in [6, 6.07) is 12.1. The molecule has 2 aromatic heterocycles. The van der Waals surface area contributed by atoms with Gasteiger partial charge in [-0.3, -0.25) is 14.0 Å². The van der Waals surface area contributed by atoms with Crippen molar-refractivity contribution in [2.45, 2.75) is 24.9 Å². The largest absolute Gasteiger partial charge is 0.481 e. The van der Waals surface area contributed by atoms with E-state index >= 15 is 0 Å². The van der Waals surface area contributed by atoms with Crippen molar-refractivity contribution in [3.8, 4) is 5.82 Å². The van der Waals surface area contributed by atoms with Crippen molar-refractivity contribution in [3.05, 3.63) is 53.5 Å². The number of rotatable bonds is 7. The van der Waals surface area contributed by atoms with E-state index in [1.807, 2.05) is 42.8 Å². The molecule has 0 aliphatic carbocycles. The molecule has 3 aromatic rings. The number of carboxylic acid groups (broad SMARTS) is 1. The molecule has 7 nitrogen and oxygen atoms in total. The summed E-state index contributed by atoms with van der Waals surface area (Å²) in [5.41, 5.74) is 2.10. The number of carbonyl (C=O) groups is 1. The van der Waals surface area contributed by atoms with E-state index < -0.39 is 5.97 Å². The van der Waals surface area contributed by atoms with Gasteiger partial charge in [0.2, 0.25) is 0 Å². The van der Waals surface area contributed by atoms with Crippen LogP contribution >= 0.6 is 11.8 Å². The molecule has 0 amide bonds. The first-order valence-corrected chi connectivity index (χ1v) is 8.87. The highest BCUT2D eigenvalue weighted by atomic mass is 32.2. The SMILES string of the molecule is Cc1cc(-n2c(CCc3ccccc3)nnc2SCC(=O)O)n(C)n1. The molecule has 0 unspecified atom stereocenters. The molecule has 0 spiro atoms. The van der Waals surface area contributed by atoms with E-state index in [9.17, 15) is 4.79 Å². The molecule has 25 heavy (non-hydrogen) atoms. The lowest BCUT2D eigenvalue weighted by molar-refractivity contribution is -0.133. The number of aromatic nitrogens is 5. The van der Waals surface area contributed by atoms with Gasteiger partial charge in [-0.15, -0.1) is 10.2 Å². The van der Waals surface area contributed by atoms with E-state index in [2.05, 4.69) is 27.4 Å². The maximum Gasteiger partial charge on any atom is 0.313 e. The van der Waals surface area contributed by atoms with Crippen LogP contribution in [0.5, 0.6) is 0 Å². The van der Waals surface area contributed by atoms with E-state index in [-0.39, 0.29) is 5.75 Å². The van der Waals surface area contributed by atoms with Gasteiger partial charge < -0.3 is 5.11 Å². The third kappa shape index (κ3) is 4.08. The summed E-state index contributed by atoms with van der Waals surface area (Å²) < 4.78 is 3.66. The van der Waals surface area contributed by atoms with Crippen molar-refractivity contribution in [1.29, 1.82) is 0 Å². The summed E-state index contributed by atoms with van der Waals surface area (Å²) in [5, 5.41) is 22.4. The van der Waals surface area contributed by atoms with Gasteiger partial charge in [0.15, 0.2) is 5.16 Å². The van der Waals surface area contributed by atoms with Crippen molar-refractivity contribution < 1.29 is 9.90 Å². The summed E-state index contributed by atoms with van der Waals surface area (Å²) in [4.78, 5) is 10.9. The van der Waals surface area contributed by atoms with E-state index in [4.69, 9.17) is 5.11 Å². The van der Waals surface area contributed by atoms with Crippen LogP contribution in [0.25, 0.3) is 5.82 Å². The van der Waals surface area contributed by atoms with Gasteiger partial charge in [0.1, 0.15) is 11.6 Å². The Kier molecular flexibility index (Phi) is 5.18. The van der Waals surface area contributed by atoms with Crippen molar-refractivity contribution >= 4 is 17.7 Å². The van der Waals surface area contributed by atoms with Gasteiger partial charge >= 0.3 is 5.97 Å². The smallest absolute Gasteiger partial charge is 0.313 e. The summed E-state index contributed by atoms with van der Waals surface area (Å²) >= 11 is 1.16. The molecule has 0 radical (unpaired) electrons. The number of nitrogens with zero attached hydrogens (tertiary/aromatic N) is 5. The molecule has 2 heterocycles. The molecule has 130 valence electrons. The second-order valence-corrected chi connectivity index (χ2v) is 6.61. The molecule has 0 bridgehead atoms. The molecular weight excluding hydrogens is 338 g/mol. The number of benzene rings is 1. The lowest BCUT2D eigenvalue weighted by Gasteiger charge is -2.09. The summed E-state index contributed by atoms with van der Waals surface area (Å²) in [5.74, 6) is 0.679. The Morgan fingerprint density at radius 1 is 1.20 bits per heavy atom. The minimum absolute atomic E-state index is 0.0619. The average Bonchev–Trinajstić information content (AvgIpc) is 3.13. The number of aryl methyl sites for hydroxylation is 4. The number of aliphatic carboxylic acids is 1. The maximum absolute atomic E-state index is 10.9. The standard InChI is InChI=1S/C17H19N5O2S/c1-12-10-15(21(2)20-12)22-14(9-8-13-6-4-3-5-7-13)18-19-17(22)25-11-16(23)24/h3-7,10H,8-9,11H2,1-2H3,(H,23,24). The molecule has 0 fully saturated rings. The quantitative estimate of drug-likeness (QED) is 0.653. The number of carboxylic acids is 1. The van der Waals surface area contributed by atoms with Gasteiger partial charge in [-0.2, -0.15) is 5.10 Å². The van der Waals surface area contributed by atoms with Crippen LogP contribution in [0.4, 0.5) is 0 Å². The van der Waals surface area contributed by atoms with E-state index in [1.165, 1.54) is 5.56 Å². The molecule has 0 saturated heterocycles. The zero-order chi connectivity index (χ0) is 17.8. The normalized spacial score (nSPS) is 11.0. The predicted molar refractivity (Wildman–Crippen MR) is 95.1 cm³/mol. The van der Waals surface area contributed by atoms with Gasteiger partial charge in [0.25, 0.3) is 0 Å². The van der Waals surface area contributed by atoms with Crippen molar-refractivity contribution in [2.24, 2.45) is 7.05 Å². The molecule has 8 heteroatoms. The van der Waals surface area contributed by atoms with Crippen LogP contribution in [0.1, 0.15) is 17.1 Å². The monoisotopic (exact) mass is 357 g/mol. The lowest BCUT2D eigenvalue weighted by Crippen LogP contribution is -2.10.